The summed E-state index contributed by atoms with van der Waals surface area (Å²) in [6.07, 6.45) is 10.8. The van der Waals surface area contributed by atoms with Crippen LogP contribution in [0, 0.1) is 0 Å². The van der Waals surface area contributed by atoms with Gasteiger partial charge in [-0.2, -0.15) is 0 Å². The molecule has 0 aliphatic rings. The predicted molar refractivity (Wildman–Crippen MR) is 85.8 cm³/mol. The summed E-state index contributed by atoms with van der Waals surface area (Å²) in [7, 11) is 3.22. The topological polar surface area (TPSA) is 36.9 Å². The summed E-state index contributed by atoms with van der Waals surface area (Å²) in [4.78, 5) is 0. The molecule has 0 spiro atoms. The average molecular weight is 302 g/mol. The van der Waals surface area contributed by atoms with Crippen LogP contribution in [0.4, 0.5) is 0 Å². The molecule has 0 fully saturated rings. The van der Waals surface area contributed by atoms with Crippen molar-refractivity contribution in [2.75, 3.05) is 27.6 Å². The van der Waals surface area contributed by atoms with Gasteiger partial charge in [-0.15, -0.1) is 0 Å². The number of unbranched alkanes of at least 4 members (excludes halogenated alkanes) is 6. The number of rotatable bonds is 15. The summed E-state index contributed by atoms with van der Waals surface area (Å²) in [6, 6.07) is 0. The van der Waals surface area contributed by atoms with Gasteiger partial charge >= 0.3 is 5.95 Å². The van der Waals surface area contributed by atoms with Gasteiger partial charge < -0.3 is 18.9 Å². The SMILES string of the molecule is CCCCCCCCCOCO/C(OC)=C(/CCC)OC. The number of hydrogen-bond acceptors (Lipinski definition) is 4. The molecule has 0 aliphatic heterocycles. The molecule has 0 amide bonds. The standard InChI is InChI=1S/C17H34O4/c1-5-7-8-9-10-11-12-14-20-15-21-17(19-4)16(18-3)13-6-2/h5-15H2,1-4H3/b17-16-. The third-order valence-electron chi connectivity index (χ3n) is 3.30. The van der Waals surface area contributed by atoms with E-state index in [9.17, 15) is 0 Å². The van der Waals surface area contributed by atoms with Crippen LogP contribution in [0.3, 0.4) is 0 Å². The van der Waals surface area contributed by atoms with Gasteiger partial charge in [-0.1, -0.05) is 52.4 Å². The van der Waals surface area contributed by atoms with Crippen LogP contribution in [-0.4, -0.2) is 27.6 Å². The Hall–Kier alpha value is -0.900. The molecular weight excluding hydrogens is 268 g/mol. The summed E-state index contributed by atoms with van der Waals surface area (Å²) in [6.45, 7) is 5.28. The van der Waals surface area contributed by atoms with Gasteiger partial charge in [-0.05, 0) is 12.8 Å². The Morgan fingerprint density at radius 2 is 1.43 bits per heavy atom. The summed E-state index contributed by atoms with van der Waals surface area (Å²) in [5, 5.41) is 0. The molecule has 0 radical (unpaired) electrons. The Kier molecular flexibility index (Phi) is 14.8. The van der Waals surface area contributed by atoms with Crippen molar-refractivity contribution in [2.24, 2.45) is 0 Å². The van der Waals surface area contributed by atoms with Crippen molar-refractivity contribution in [1.82, 2.24) is 0 Å². The molecule has 0 rings (SSSR count). The van der Waals surface area contributed by atoms with E-state index >= 15 is 0 Å². The molecule has 0 aromatic carbocycles. The van der Waals surface area contributed by atoms with E-state index < -0.39 is 0 Å². The van der Waals surface area contributed by atoms with Crippen molar-refractivity contribution in [3.63, 3.8) is 0 Å². The lowest BCUT2D eigenvalue weighted by Crippen LogP contribution is -2.06. The zero-order valence-electron chi connectivity index (χ0n) is 14.4. The van der Waals surface area contributed by atoms with Gasteiger partial charge in [0.25, 0.3) is 0 Å². The summed E-state index contributed by atoms with van der Waals surface area (Å²) < 4.78 is 21.4. The van der Waals surface area contributed by atoms with Gasteiger partial charge in [0.05, 0.1) is 20.8 Å². The Balaban J connectivity index is 3.59. The molecule has 21 heavy (non-hydrogen) atoms. The second-order valence-electron chi connectivity index (χ2n) is 5.16. The molecule has 0 saturated carbocycles. The molecule has 4 heteroatoms. The third kappa shape index (κ3) is 11.4. The first kappa shape index (κ1) is 20.1. The highest BCUT2D eigenvalue weighted by Gasteiger charge is 2.08. The first-order chi connectivity index (χ1) is 10.3. The molecule has 0 heterocycles. The minimum absolute atomic E-state index is 0.218. The maximum Gasteiger partial charge on any atom is 0.320 e. The Bertz CT molecular complexity index is 251. The molecule has 4 nitrogen and oxygen atoms in total. The van der Waals surface area contributed by atoms with E-state index in [0.717, 1.165) is 31.6 Å². The van der Waals surface area contributed by atoms with Crippen LogP contribution in [0.15, 0.2) is 11.7 Å². The minimum atomic E-state index is 0.218. The fourth-order valence-electron chi connectivity index (χ4n) is 2.08. The van der Waals surface area contributed by atoms with E-state index in [0.29, 0.717) is 5.95 Å². The first-order valence-corrected chi connectivity index (χ1v) is 8.31. The zero-order chi connectivity index (χ0) is 15.8. The molecule has 0 aromatic rings. The Morgan fingerprint density at radius 1 is 0.762 bits per heavy atom. The first-order valence-electron chi connectivity index (χ1n) is 8.31. The van der Waals surface area contributed by atoms with Gasteiger partial charge in [0.1, 0.15) is 0 Å². The molecule has 0 aliphatic carbocycles. The van der Waals surface area contributed by atoms with Gasteiger partial charge in [-0.25, -0.2) is 0 Å². The fourth-order valence-corrected chi connectivity index (χ4v) is 2.08. The number of ether oxygens (including phenoxy) is 4. The van der Waals surface area contributed by atoms with Crippen molar-refractivity contribution in [3.05, 3.63) is 11.7 Å². The van der Waals surface area contributed by atoms with Crippen LogP contribution in [-0.2, 0) is 18.9 Å². The molecule has 0 aromatic heterocycles. The van der Waals surface area contributed by atoms with Gasteiger partial charge in [0.2, 0.25) is 0 Å². The lowest BCUT2D eigenvalue weighted by atomic mass is 10.1. The van der Waals surface area contributed by atoms with Crippen molar-refractivity contribution in [2.45, 2.75) is 71.6 Å². The third-order valence-corrected chi connectivity index (χ3v) is 3.30. The molecular formula is C17H34O4. The molecule has 0 atom stereocenters. The summed E-state index contributed by atoms with van der Waals surface area (Å²) >= 11 is 0. The number of methoxy groups -OCH3 is 2. The number of allylic oxidation sites excluding steroid dienone is 1. The molecule has 0 N–H and O–H groups in total. The highest BCUT2D eigenvalue weighted by Crippen LogP contribution is 2.14. The normalized spacial score (nSPS) is 12.0. The Labute approximate surface area is 130 Å². The van der Waals surface area contributed by atoms with E-state index in [2.05, 4.69) is 13.8 Å². The van der Waals surface area contributed by atoms with Crippen LogP contribution in [0.5, 0.6) is 0 Å². The maximum atomic E-state index is 5.47. The van der Waals surface area contributed by atoms with E-state index in [1.807, 2.05) is 0 Å². The van der Waals surface area contributed by atoms with Crippen molar-refractivity contribution < 1.29 is 18.9 Å². The van der Waals surface area contributed by atoms with Crippen molar-refractivity contribution in [1.29, 1.82) is 0 Å². The predicted octanol–water partition coefficient (Wildman–Crippen LogP) is 4.99. The van der Waals surface area contributed by atoms with E-state index in [1.54, 1.807) is 14.2 Å². The van der Waals surface area contributed by atoms with Gasteiger partial charge in [0, 0.05) is 6.42 Å². The fraction of sp³-hybridized carbons (Fsp3) is 0.882. The minimum Gasteiger partial charge on any atom is -0.494 e. The zero-order valence-corrected chi connectivity index (χ0v) is 14.4. The average Bonchev–Trinajstić information content (AvgIpc) is 2.51. The van der Waals surface area contributed by atoms with Crippen LogP contribution in [0.25, 0.3) is 0 Å². The summed E-state index contributed by atoms with van der Waals surface area (Å²) in [5.74, 6) is 1.17. The maximum absolute atomic E-state index is 5.47. The van der Waals surface area contributed by atoms with Crippen molar-refractivity contribution in [3.8, 4) is 0 Å². The van der Waals surface area contributed by atoms with Gasteiger partial charge in [0.15, 0.2) is 12.6 Å². The van der Waals surface area contributed by atoms with Crippen LogP contribution < -0.4 is 0 Å². The highest BCUT2D eigenvalue weighted by molar-refractivity contribution is 4.94. The summed E-state index contributed by atoms with van der Waals surface area (Å²) in [5.41, 5.74) is 0. The van der Waals surface area contributed by atoms with Crippen LogP contribution in [0.2, 0.25) is 0 Å². The van der Waals surface area contributed by atoms with Crippen LogP contribution >= 0.6 is 0 Å². The monoisotopic (exact) mass is 302 g/mol. The van der Waals surface area contributed by atoms with E-state index in [-0.39, 0.29) is 6.79 Å². The van der Waals surface area contributed by atoms with E-state index in [1.165, 1.54) is 38.5 Å². The van der Waals surface area contributed by atoms with Crippen LogP contribution in [0.1, 0.15) is 71.6 Å². The molecule has 0 saturated heterocycles. The largest absolute Gasteiger partial charge is 0.494 e. The quantitative estimate of drug-likeness (QED) is 0.242. The number of hydrogen-bond donors (Lipinski definition) is 0. The molecule has 0 unspecified atom stereocenters. The second-order valence-corrected chi connectivity index (χ2v) is 5.16. The highest BCUT2D eigenvalue weighted by atomic mass is 16.7. The van der Waals surface area contributed by atoms with Gasteiger partial charge in [-0.3, -0.25) is 0 Å². The lowest BCUT2D eigenvalue weighted by molar-refractivity contribution is -0.0746. The smallest absolute Gasteiger partial charge is 0.320 e. The second kappa shape index (κ2) is 15.5. The van der Waals surface area contributed by atoms with E-state index in [4.69, 9.17) is 18.9 Å². The lowest BCUT2D eigenvalue weighted by Gasteiger charge is -2.13. The Morgan fingerprint density at radius 3 is 2.00 bits per heavy atom. The molecule has 126 valence electrons. The van der Waals surface area contributed by atoms with Crippen molar-refractivity contribution >= 4 is 0 Å². The molecule has 0 bridgehead atoms.